The van der Waals surface area contributed by atoms with Gasteiger partial charge >= 0.3 is 0 Å². The van der Waals surface area contributed by atoms with Crippen molar-refractivity contribution in [3.63, 3.8) is 0 Å². The maximum absolute atomic E-state index is 6.41. The van der Waals surface area contributed by atoms with E-state index in [2.05, 4.69) is 272 Å². The zero-order valence-electron chi connectivity index (χ0n) is 38.3. The Bertz CT molecular complexity index is 4040. The summed E-state index contributed by atoms with van der Waals surface area (Å²) in [5.74, 6) is 0. The molecule has 0 saturated carbocycles. The lowest BCUT2D eigenvalue weighted by Crippen LogP contribution is -2.11. The van der Waals surface area contributed by atoms with E-state index in [1.54, 1.807) is 0 Å². The molecule has 0 atom stereocenters. The molecule has 328 valence electrons. The van der Waals surface area contributed by atoms with Crippen LogP contribution in [0.2, 0.25) is 0 Å². The molecule has 12 aromatic carbocycles. The van der Waals surface area contributed by atoms with Crippen LogP contribution in [0, 0.1) is 0 Å². The molecule has 0 saturated heterocycles. The second kappa shape index (κ2) is 17.4. The molecule has 0 N–H and O–H groups in total. The normalized spacial score (nSPS) is 11.4. The monoisotopic (exact) mass is 891 g/mol. The van der Waals surface area contributed by atoms with Crippen molar-refractivity contribution in [1.29, 1.82) is 0 Å². The molecular formula is C68H45NO. The van der Waals surface area contributed by atoms with E-state index in [0.717, 1.165) is 77.9 Å². The summed E-state index contributed by atoms with van der Waals surface area (Å²) < 4.78 is 6.41. The Morgan fingerprint density at radius 2 is 0.786 bits per heavy atom. The summed E-state index contributed by atoms with van der Waals surface area (Å²) in [6.45, 7) is 0. The standard InChI is InChI=1S/C68H45NO/c1-4-18-47(19-5-1)57-40-36-50(43-63(57)49-22-8-3-9-23-49)46-34-38-54(39-35-46)69(55-26-16-25-51(42-55)59-31-17-33-67-68(59)62-30-14-15-32-66(62)70-67)65-45-53(37-41-58(65)48-20-6-2-7-21-48)64-44-52-24-10-11-27-56(52)60-28-12-13-29-61(60)64/h1-45H. The van der Waals surface area contributed by atoms with Crippen molar-refractivity contribution < 1.29 is 4.42 Å². The van der Waals surface area contributed by atoms with E-state index in [9.17, 15) is 0 Å². The predicted molar refractivity (Wildman–Crippen MR) is 296 cm³/mol. The van der Waals surface area contributed by atoms with Crippen molar-refractivity contribution in [3.8, 4) is 66.8 Å². The summed E-state index contributed by atoms with van der Waals surface area (Å²) in [5.41, 5.74) is 18.9. The molecule has 2 nitrogen and oxygen atoms in total. The van der Waals surface area contributed by atoms with Gasteiger partial charge in [0.15, 0.2) is 0 Å². The van der Waals surface area contributed by atoms with Gasteiger partial charge in [0.25, 0.3) is 0 Å². The first kappa shape index (κ1) is 41.0. The topological polar surface area (TPSA) is 16.4 Å². The van der Waals surface area contributed by atoms with Crippen LogP contribution in [0.25, 0.3) is 110 Å². The zero-order valence-corrected chi connectivity index (χ0v) is 38.3. The Morgan fingerprint density at radius 1 is 0.243 bits per heavy atom. The first-order chi connectivity index (χ1) is 34.7. The predicted octanol–water partition coefficient (Wildman–Crippen LogP) is 19.4. The first-order valence-electron chi connectivity index (χ1n) is 24.0. The van der Waals surface area contributed by atoms with Gasteiger partial charge in [-0.25, -0.2) is 0 Å². The van der Waals surface area contributed by atoms with Gasteiger partial charge in [-0.1, -0.05) is 218 Å². The quantitative estimate of drug-likeness (QED) is 0.134. The highest BCUT2D eigenvalue weighted by atomic mass is 16.3. The van der Waals surface area contributed by atoms with Crippen molar-refractivity contribution in [1.82, 2.24) is 0 Å². The lowest BCUT2D eigenvalue weighted by atomic mass is 9.90. The van der Waals surface area contributed by atoms with Crippen LogP contribution in [0.3, 0.4) is 0 Å². The number of hydrogen-bond acceptors (Lipinski definition) is 2. The van der Waals surface area contributed by atoms with Crippen molar-refractivity contribution in [2.24, 2.45) is 0 Å². The van der Waals surface area contributed by atoms with Gasteiger partial charge < -0.3 is 9.32 Å². The number of fused-ring (bicyclic) bond motifs is 6. The van der Waals surface area contributed by atoms with Crippen molar-refractivity contribution in [3.05, 3.63) is 273 Å². The molecule has 2 heteroatoms. The fourth-order valence-electron chi connectivity index (χ4n) is 10.5. The Morgan fingerprint density at radius 3 is 1.54 bits per heavy atom. The molecule has 0 aliphatic rings. The number of anilines is 3. The number of para-hydroxylation sites is 1. The summed E-state index contributed by atoms with van der Waals surface area (Å²) in [5, 5.41) is 7.18. The van der Waals surface area contributed by atoms with Gasteiger partial charge in [0, 0.05) is 27.7 Å². The van der Waals surface area contributed by atoms with Gasteiger partial charge in [0.1, 0.15) is 11.2 Å². The highest BCUT2D eigenvalue weighted by Gasteiger charge is 2.22. The third-order valence-electron chi connectivity index (χ3n) is 13.9. The van der Waals surface area contributed by atoms with Gasteiger partial charge in [-0.2, -0.15) is 0 Å². The second-order valence-electron chi connectivity index (χ2n) is 18.0. The van der Waals surface area contributed by atoms with E-state index in [1.807, 2.05) is 6.07 Å². The van der Waals surface area contributed by atoms with Crippen molar-refractivity contribution in [2.45, 2.75) is 0 Å². The third kappa shape index (κ3) is 7.31. The summed E-state index contributed by atoms with van der Waals surface area (Å²) in [6, 6.07) is 98.9. The van der Waals surface area contributed by atoms with Crippen molar-refractivity contribution in [2.75, 3.05) is 4.90 Å². The molecule has 0 aliphatic carbocycles. The summed E-state index contributed by atoms with van der Waals surface area (Å²) in [7, 11) is 0. The highest BCUT2D eigenvalue weighted by molar-refractivity contribution is 6.15. The minimum absolute atomic E-state index is 0.880. The molecule has 13 aromatic rings. The maximum Gasteiger partial charge on any atom is 0.136 e. The van der Waals surface area contributed by atoms with E-state index in [1.165, 1.54) is 49.4 Å². The van der Waals surface area contributed by atoms with Crippen LogP contribution in [0.4, 0.5) is 17.1 Å². The lowest BCUT2D eigenvalue weighted by Gasteiger charge is -2.29. The molecule has 1 heterocycles. The molecule has 0 radical (unpaired) electrons. The molecule has 70 heavy (non-hydrogen) atoms. The van der Waals surface area contributed by atoms with Crippen LogP contribution < -0.4 is 4.90 Å². The van der Waals surface area contributed by atoms with E-state index in [4.69, 9.17) is 4.42 Å². The first-order valence-corrected chi connectivity index (χ1v) is 24.0. The van der Waals surface area contributed by atoms with Crippen molar-refractivity contribution >= 4 is 60.5 Å². The molecule has 0 fully saturated rings. The van der Waals surface area contributed by atoms with Crippen LogP contribution in [0.15, 0.2) is 277 Å². The number of rotatable bonds is 9. The summed E-state index contributed by atoms with van der Waals surface area (Å²) in [4.78, 5) is 2.45. The summed E-state index contributed by atoms with van der Waals surface area (Å²) in [6.07, 6.45) is 0. The minimum Gasteiger partial charge on any atom is -0.456 e. The van der Waals surface area contributed by atoms with Crippen LogP contribution >= 0.6 is 0 Å². The van der Waals surface area contributed by atoms with Crippen LogP contribution in [-0.4, -0.2) is 0 Å². The maximum atomic E-state index is 6.41. The second-order valence-corrected chi connectivity index (χ2v) is 18.0. The Labute approximate surface area is 407 Å². The van der Waals surface area contributed by atoms with E-state index in [-0.39, 0.29) is 0 Å². The molecular weight excluding hydrogens is 847 g/mol. The SMILES string of the molecule is c1ccc(-c2ccc(-c3ccc(N(c4cccc(-c5cccc6oc7ccccc7c56)c4)c4cc(-c5cc6ccccc6c6ccccc56)ccc4-c4ccccc4)cc3)cc2-c2ccccc2)cc1. The number of nitrogens with zero attached hydrogens (tertiary/aromatic N) is 1. The van der Waals surface area contributed by atoms with E-state index in [0.29, 0.717) is 0 Å². The number of furan rings is 1. The van der Waals surface area contributed by atoms with Crippen LogP contribution in [0.5, 0.6) is 0 Å². The van der Waals surface area contributed by atoms with Gasteiger partial charge in [0.2, 0.25) is 0 Å². The number of benzene rings is 12. The third-order valence-corrected chi connectivity index (χ3v) is 13.9. The number of hydrogen-bond donors (Lipinski definition) is 0. The molecule has 0 amide bonds. The largest absolute Gasteiger partial charge is 0.456 e. The Kier molecular flexibility index (Phi) is 10.2. The fourth-order valence-corrected chi connectivity index (χ4v) is 10.5. The molecule has 0 bridgehead atoms. The minimum atomic E-state index is 0.880. The van der Waals surface area contributed by atoms with E-state index >= 15 is 0 Å². The summed E-state index contributed by atoms with van der Waals surface area (Å²) >= 11 is 0. The molecule has 0 unspecified atom stereocenters. The van der Waals surface area contributed by atoms with Crippen LogP contribution in [-0.2, 0) is 0 Å². The van der Waals surface area contributed by atoms with Gasteiger partial charge in [0.05, 0.1) is 5.69 Å². The van der Waals surface area contributed by atoms with Gasteiger partial charge in [-0.3, -0.25) is 0 Å². The molecule has 0 aliphatic heterocycles. The fraction of sp³-hybridized carbons (Fsp3) is 0. The zero-order chi connectivity index (χ0) is 46.4. The lowest BCUT2D eigenvalue weighted by molar-refractivity contribution is 0.669. The van der Waals surface area contributed by atoms with Gasteiger partial charge in [-0.15, -0.1) is 0 Å². The molecule has 13 rings (SSSR count). The average molecular weight is 892 g/mol. The smallest absolute Gasteiger partial charge is 0.136 e. The Hall–Kier alpha value is -9.24. The molecule has 1 aromatic heterocycles. The van der Waals surface area contributed by atoms with Crippen LogP contribution in [0.1, 0.15) is 0 Å². The average Bonchev–Trinajstić information content (AvgIpc) is 3.83. The molecule has 0 spiro atoms. The van der Waals surface area contributed by atoms with Gasteiger partial charge in [-0.05, 0) is 137 Å². The van der Waals surface area contributed by atoms with E-state index < -0.39 is 0 Å². The highest BCUT2D eigenvalue weighted by Crippen LogP contribution is 2.47. The Balaban J connectivity index is 1.02.